The first-order valence-corrected chi connectivity index (χ1v) is 7.74. The minimum Gasteiger partial charge on any atom is -0.379 e. The number of nitrogens with zero attached hydrogens (tertiary/aromatic N) is 2. The van der Waals surface area contributed by atoms with E-state index in [1.165, 1.54) is 0 Å². The van der Waals surface area contributed by atoms with E-state index in [-0.39, 0.29) is 55.0 Å². The maximum absolute atomic E-state index is 5.21. The van der Waals surface area contributed by atoms with E-state index in [1.54, 1.807) is 0 Å². The molecule has 0 aromatic carbocycles. The molecule has 1 radical (unpaired) electrons. The molecule has 0 unspecified atom stereocenters. The van der Waals surface area contributed by atoms with E-state index >= 15 is 0 Å². The van der Waals surface area contributed by atoms with E-state index in [9.17, 15) is 0 Å². The Hall–Kier alpha value is 0.654. The van der Waals surface area contributed by atoms with Gasteiger partial charge in [-0.05, 0) is 47.8 Å². The van der Waals surface area contributed by atoms with Crippen molar-refractivity contribution in [2.45, 2.75) is 61.9 Å². The molecular weight excluding hydrogens is 429 g/mol. The fourth-order valence-electron chi connectivity index (χ4n) is 1.84. The summed E-state index contributed by atoms with van der Waals surface area (Å²) in [7, 11) is 0. The first-order valence-electron chi connectivity index (χ1n) is 6.95. The normalized spacial score (nSPS) is 13.5. The third kappa shape index (κ3) is 13.6. The second kappa shape index (κ2) is 17.5. The minimum atomic E-state index is 0. The van der Waals surface area contributed by atoms with Crippen LogP contribution in [0.1, 0.15) is 61.6 Å². The van der Waals surface area contributed by atoms with Gasteiger partial charge in [0.05, 0.1) is 13.2 Å². The van der Waals surface area contributed by atoms with Gasteiger partial charge in [0.15, 0.2) is 0 Å². The maximum atomic E-state index is 5.21. The van der Waals surface area contributed by atoms with Crippen LogP contribution in [0.2, 0.25) is 0 Å². The van der Waals surface area contributed by atoms with Gasteiger partial charge < -0.3 is 4.74 Å². The quantitative estimate of drug-likeness (QED) is 0.531. The molecule has 1 aromatic rings. The molecule has 0 amide bonds. The average Bonchev–Trinajstić information content (AvgIpc) is 2.40. The van der Waals surface area contributed by atoms with E-state index in [1.807, 2.05) is 18.2 Å². The van der Waals surface area contributed by atoms with E-state index in [2.05, 4.69) is 53.5 Å². The summed E-state index contributed by atoms with van der Waals surface area (Å²) in [5, 5.41) is 0. The van der Waals surface area contributed by atoms with Gasteiger partial charge in [0.2, 0.25) is 0 Å². The van der Waals surface area contributed by atoms with E-state index in [0.717, 1.165) is 36.6 Å². The molecule has 3 nitrogen and oxygen atoms in total. The molecule has 1 saturated heterocycles. The average molecular weight is 466 g/mol. The Balaban J connectivity index is -0.000000134. The summed E-state index contributed by atoms with van der Waals surface area (Å²) in [5.74, 6) is 0.512. The molecular formula is C18H37BrN2OY. The van der Waals surface area contributed by atoms with Gasteiger partial charge in [-0.3, -0.25) is 4.90 Å². The summed E-state index contributed by atoms with van der Waals surface area (Å²) in [6, 6.07) is 6.67. The van der Waals surface area contributed by atoms with Gasteiger partial charge in [-0.2, -0.15) is 0 Å². The molecule has 0 aliphatic carbocycles. The molecule has 1 aromatic heterocycles. The Labute approximate surface area is 179 Å². The molecule has 5 heteroatoms. The number of hydrogen-bond acceptors (Lipinski definition) is 3. The van der Waals surface area contributed by atoms with Crippen LogP contribution >= 0.6 is 15.9 Å². The van der Waals surface area contributed by atoms with Crippen LogP contribution in [0, 0.1) is 0 Å². The summed E-state index contributed by atoms with van der Waals surface area (Å²) in [6.07, 6.45) is 0. The monoisotopic (exact) mass is 465 g/mol. The summed E-state index contributed by atoms with van der Waals surface area (Å²) >= 11 is 3.32. The fourth-order valence-corrected chi connectivity index (χ4v) is 2.20. The predicted molar refractivity (Wildman–Crippen MR) is 104 cm³/mol. The van der Waals surface area contributed by atoms with Gasteiger partial charge in [-0.25, -0.2) is 4.98 Å². The second-order valence-electron chi connectivity index (χ2n) is 5.28. The van der Waals surface area contributed by atoms with Gasteiger partial charge in [-0.15, -0.1) is 0 Å². The van der Waals surface area contributed by atoms with E-state index < -0.39 is 0 Å². The van der Waals surface area contributed by atoms with Crippen molar-refractivity contribution in [3.63, 3.8) is 0 Å². The Morgan fingerprint density at radius 1 is 1.04 bits per heavy atom. The summed E-state index contributed by atoms with van der Waals surface area (Å²) in [5.41, 5.74) is 1.13. The summed E-state index contributed by atoms with van der Waals surface area (Å²) < 4.78 is 6.12. The topological polar surface area (TPSA) is 25.4 Å². The largest absolute Gasteiger partial charge is 0.379 e. The number of rotatable bonds is 2. The number of ether oxygens (including phenoxy) is 1. The van der Waals surface area contributed by atoms with Crippen LogP contribution in [0.5, 0.6) is 0 Å². The molecule has 0 N–H and O–H groups in total. The van der Waals surface area contributed by atoms with Gasteiger partial charge in [0, 0.05) is 57.5 Å². The molecule has 1 fully saturated rings. The Morgan fingerprint density at radius 3 is 1.87 bits per heavy atom. The van der Waals surface area contributed by atoms with Crippen molar-refractivity contribution in [1.29, 1.82) is 0 Å². The molecule has 0 spiro atoms. The minimum absolute atomic E-state index is 0. The molecule has 0 saturated carbocycles. The Bertz CT molecular complexity index is 370. The van der Waals surface area contributed by atoms with Crippen molar-refractivity contribution in [3.05, 3.63) is 28.5 Å². The first-order chi connectivity index (χ1) is 9.00. The molecule has 1 aliphatic heterocycles. The van der Waals surface area contributed by atoms with Crippen molar-refractivity contribution in [2.24, 2.45) is 0 Å². The van der Waals surface area contributed by atoms with Crippen LogP contribution in [0.4, 0.5) is 0 Å². The van der Waals surface area contributed by atoms with Crippen molar-refractivity contribution in [1.82, 2.24) is 9.88 Å². The number of morpholine rings is 1. The van der Waals surface area contributed by atoms with Gasteiger partial charge in [-0.1, -0.05) is 42.2 Å². The van der Waals surface area contributed by atoms with Crippen LogP contribution in [0.25, 0.3) is 0 Å². The Morgan fingerprint density at radius 2 is 1.57 bits per heavy atom. The first kappa shape index (κ1) is 31.4. The van der Waals surface area contributed by atoms with Crippen molar-refractivity contribution in [3.8, 4) is 0 Å². The van der Waals surface area contributed by atoms with Crippen LogP contribution in [-0.2, 0) is 37.4 Å². The number of aromatic nitrogens is 1. The molecule has 2 rings (SSSR count). The molecule has 23 heavy (non-hydrogen) atoms. The van der Waals surface area contributed by atoms with Crippen LogP contribution in [-0.4, -0.2) is 42.2 Å². The summed E-state index contributed by atoms with van der Waals surface area (Å²) in [6.45, 7) is 12.8. The van der Waals surface area contributed by atoms with Gasteiger partial charge in [0.1, 0.15) is 4.60 Å². The van der Waals surface area contributed by atoms with Crippen molar-refractivity contribution in [2.75, 3.05) is 26.3 Å². The standard InChI is InChI=1S/C8H10BrN.C7H15NO.3CH4.Y/c1-6(2)7-4-3-5-8(9)10-7;1-7(2)8-3-5-9-6-4-8;;;;/h3-6H,1-2H3;7H,3-6H2,1-2H3;3*1H4;. The fraction of sp³-hybridized carbons (Fsp3) is 0.722. The Kier molecular flexibility index (Phi) is 23.9. The molecule has 0 bridgehead atoms. The van der Waals surface area contributed by atoms with Crippen LogP contribution < -0.4 is 0 Å². The predicted octanol–water partition coefficient (Wildman–Crippen LogP) is 5.60. The van der Waals surface area contributed by atoms with E-state index in [0.29, 0.717) is 12.0 Å². The molecule has 135 valence electrons. The summed E-state index contributed by atoms with van der Waals surface area (Å²) in [4.78, 5) is 6.72. The third-order valence-electron chi connectivity index (χ3n) is 3.10. The SMILES string of the molecule is C.C.C.CC(C)N1CCOCC1.CC(C)c1cccc(Br)n1.[Y]. The smallest absolute Gasteiger partial charge is 0.106 e. The van der Waals surface area contributed by atoms with Crippen LogP contribution in [0.3, 0.4) is 0 Å². The number of halogens is 1. The number of pyridine rings is 1. The maximum Gasteiger partial charge on any atom is 0.106 e. The van der Waals surface area contributed by atoms with Gasteiger partial charge >= 0.3 is 0 Å². The molecule has 1 aliphatic rings. The second-order valence-corrected chi connectivity index (χ2v) is 6.09. The van der Waals surface area contributed by atoms with Crippen LogP contribution in [0.15, 0.2) is 22.8 Å². The zero-order valence-corrected chi connectivity index (χ0v) is 17.4. The van der Waals surface area contributed by atoms with E-state index in [4.69, 9.17) is 4.74 Å². The third-order valence-corrected chi connectivity index (χ3v) is 3.55. The molecule has 2 heterocycles. The van der Waals surface area contributed by atoms with Crippen molar-refractivity contribution < 1.29 is 37.4 Å². The number of hydrogen-bond donors (Lipinski definition) is 0. The zero-order chi connectivity index (χ0) is 14.3. The molecule has 0 atom stereocenters. The van der Waals surface area contributed by atoms with Crippen molar-refractivity contribution >= 4 is 15.9 Å². The zero-order valence-electron chi connectivity index (χ0n) is 13.0. The van der Waals surface area contributed by atoms with Gasteiger partial charge in [0.25, 0.3) is 0 Å².